The predicted octanol–water partition coefficient (Wildman–Crippen LogP) is 1.60. The largest absolute Gasteiger partial charge is 0.507 e. The van der Waals surface area contributed by atoms with Gasteiger partial charge < -0.3 is 19.7 Å². The summed E-state index contributed by atoms with van der Waals surface area (Å²) in [6.07, 6.45) is 0. The van der Waals surface area contributed by atoms with E-state index in [9.17, 15) is 15.0 Å². The van der Waals surface area contributed by atoms with Crippen LogP contribution in [0.5, 0.6) is 11.5 Å². The lowest BCUT2D eigenvalue weighted by Gasteiger charge is -2.33. The van der Waals surface area contributed by atoms with Crippen molar-refractivity contribution in [1.29, 1.82) is 0 Å². The normalized spacial score (nSPS) is 22.4. The Morgan fingerprint density at radius 2 is 2.11 bits per heavy atom. The van der Waals surface area contributed by atoms with Crippen LogP contribution in [0.25, 0.3) is 0 Å². The van der Waals surface area contributed by atoms with Crippen LogP contribution in [-0.4, -0.2) is 23.3 Å². The van der Waals surface area contributed by atoms with Crippen LogP contribution < -0.4 is 4.74 Å². The summed E-state index contributed by atoms with van der Waals surface area (Å²) >= 11 is 0. The van der Waals surface area contributed by atoms with E-state index in [1.165, 1.54) is 20.1 Å². The van der Waals surface area contributed by atoms with Crippen molar-refractivity contribution in [2.75, 3.05) is 7.11 Å². The first-order valence-electron chi connectivity index (χ1n) is 5.35. The van der Waals surface area contributed by atoms with Crippen molar-refractivity contribution in [2.24, 2.45) is 0 Å². The number of aromatic hydroxyl groups is 1. The van der Waals surface area contributed by atoms with E-state index in [-0.39, 0.29) is 22.6 Å². The Bertz CT molecular complexity index is 557. The molecule has 0 aromatic heterocycles. The SMILES string of the molecule is C=C1OC(=O)c2c(O)cc(OC)c(C)c2[C@@]1(C)O. The van der Waals surface area contributed by atoms with Crippen molar-refractivity contribution in [3.8, 4) is 11.5 Å². The Kier molecular flexibility index (Phi) is 2.59. The van der Waals surface area contributed by atoms with Gasteiger partial charge in [0.15, 0.2) is 0 Å². The van der Waals surface area contributed by atoms with Crippen molar-refractivity contribution in [3.63, 3.8) is 0 Å². The maximum atomic E-state index is 11.8. The number of fused-ring (bicyclic) bond motifs is 1. The molecule has 0 saturated carbocycles. The summed E-state index contributed by atoms with van der Waals surface area (Å²) in [6, 6.07) is 1.32. The molecule has 1 aromatic rings. The minimum absolute atomic E-state index is 0.0503. The van der Waals surface area contributed by atoms with Crippen molar-refractivity contribution >= 4 is 5.97 Å². The zero-order valence-corrected chi connectivity index (χ0v) is 10.4. The lowest BCUT2D eigenvalue weighted by molar-refractivity contribution is 0.00784. The van der Waals surface area contributed by atoms with Gasteiger partial charge in [0, 0.05) is 11.6 Å². The van der Waals surface area contributed by atoms with Crippen LogP contribution in [0.4, 0.5) is 0 Å². The lowest BCUT2D eigenvalue weighted by atomic mass is 9.83. The van der Waals surface area contributed by atoms with Crippen LogP contribution in [0.2, 0.25) is 0 Å². The van der Waals surface area contributed by atoms with Gasteiger partial charge >= 0.3 is 5.97 Å². The molecule has 0 unspecified atom stereocenters. The second-order valence-electron chi connectivity index (χ2n) is 4.36. The van der Waals surface area contributed by atoms with Crippen molar-refractivity contribution < 1.29 is 24.5 Å². The van der Waals surface area contributed by atoms with E-state index in [2.05, 4.69) is 6.58 Å². The van der Waals surface area contributed by atoms with E-state index < -0.39 is 11.6 Å². The van der Waals surface area contributed by atoms with Gasteiger partial charge in [-0.05, 0) is 19.4 Å². The minimum atomic E-state index is -1.56. The number of rotatable bonds is 1. The summed E-state index contributed by atoms with van der Waals surface area (Å²) < 4.78 is 9.96. The number of benzene rings is 1. The predicted molar refractivity (Wildman–Crippen MR) is 63.5 cm³/mol. The molecule has 18 heavy (non-hydrogen) atoms. The zero-order chi connectivity index (χ0) is 13.7. The van der Waals surface area contributed by atoms with Crippen LogP contribution in [0.1, 0.15) is 28.4 Å². The third-order valence-electron chi connectivity index (χ3n) is 3.19. The smallest absolute Gasteiger partial charge is 0.347 e. The first-order valence-corrected chi connectivity index (χ1v) is 5.35. The van der Waals surface area contributed by atoms with Gasteiger partial charge in [0.2, 0.25) is 0 Å². The molecule has 2 N–H and O–H groups in total. The fraction of sp³-hybridized carbons (Fsp3) is 0.308. The Morgan fingerprint density at radius 1 is 1.50 bits per heavy atom. The van der Waals surface area contributed by atoms with Gasteiger partial charge in [0.25, 0.3) is 0 Å². The number of hydrogen-bond acceptors (Lipinski definition) is 5. The molecule has 2 rings (SSSR count). The summed E-state index contributed by atoms with van der Waals surface area (Å²) in [5, 5.41) is 20.3. The number of ether oxygens (including phenoxy) is 2. The first kappa shape index (κ1) is 12.4. The molecule has 5 heteroatoms. The Balaban J connectivity index is 2.87. The number of phenols is 1. The number of cyclic esters (lactones) is 1. The van der Waals surface area contributed by atoms with Crippen LogP contribution >= 0.6 is 0 Å². The maximum absolute atomic E-state index is 11.8. The molecule has 0 fully saturated rings. The molecule has 0 aliphatic carbocycles. The molecule has 0 amide bonds. The minimum Gasteiger partial charge on any atom is -0.507 e. The number of carbonyl (C=O) groups is 1. The van der Waals surface area contributed by atoms with Gasteiger partial charge in [-0.3, -0.25) is 0 Å². The van der Waals surface area contributed by atoms with Crippen LogP contribution in [-0.2, 0) is 10.3 Å². The second-order valence-corrected chi connectivity index (χ2v) is 4.36. The van der Waals surface area contributed by atoms with E-state index in [0.717, 1.165) is 0 Å². The highest BCUT2D eigenvalue weighted by Gasteiger charge is 2.43. The zero-order valence-electron chi connectivity index (χ0n) is 10.4. The van der Waals surface area contributed by atoms with Crippen molar-refractivity contribution in [2.45, 2.75) is 19.4 Å². The second kappa shape index (κ2) is 3.74. The summed E-state index contributed by atoms with van der Waals surface area (Å²) in [7, 11) is 1.44. The number of methoxy groups -OCH3 is 1. The molecule has 0 saturated heterocycles. The van der Waals surface area contributed by atoms with E-state index >= 15 is 0 Å². The molecular weight excluding hydrogens is 236 g/mol. The highest BCUT2D eigenvalue weighted by molar-refractivity contribution is 5.97. The quantitative estimate of drug-likeness (QED) is 0.740. The van der Waals surface area contributed by atoms with Crippen molar-refractivity contribution in [3.05, 3.63) is 35.1 Å². The monoisotopic (exact) mass is 250 g/mol. The topological polar surface area (TPSA) is 76.0 Å². The number of hydrogen-bond donors (Lipinski definition) is 2. The molecule has 1 aliphatic heterocycles. The molecule has 1 aromatic carbocycles. The molecule has 1 atom stereocenters. The lowest BCUT2D eigenvalue weighted by Crippen LogP contribution is -2.35. The Hall–Kier alpha value is -2.01. The summed E-state index contributed by atoms with van der Waals surface area (Å²) in [5.74, 6) is -0.709. The van der Waals surface area contributed by atoms with E-state index in [1.807, 2.05) is 0 Å². The van der Waals surface area contributed by atoms with Gasteiger partial charge in [-0.25, -0.2) is 4.79 Å². The van der Waals surface area contributed by atoms with Crippen LogP contribution in [0, 0.1) is 6.92 Å². The average Bonchev–Trinajstić information content (AvgIpc) is 2.28. The summed E-state index contributed by atoms with van der Waals surface area (Å²) in [4.78, 5) is 11.8. The number of esters is 1. The van der Waals surface area contributed by atoms with Gasteiger partial charge in [-0.2, -0.15) is 0 Å². The van der Waals surface area contributed by atoms with E-state index in [1.54, 1.807) is 6.92 Å². The molecular formula is C13H14O5. The Labute approximate surface area is 104 Å². The Morgan fingerprint density at radius 3 is 2.67 bits per heavy atom. The number of carbonyl (C=O) groups excluding carboxylic acids is 1. The van der Waals surface area contributed by atoms with Crippen LogP contribution in [0.15, 0.2) is 18.4 Å². The van der Waals surface area contributed by atoms with Crippen LogP contribution in [0.3, 0.4) is 0 Å². The highest BCUT2D eigenvalue weighted by Crippen LogP contribution is 2.44. The van der Waals surface area contributed by atoms with Gasteiger partial charge in [0.1, 0.15) is 28.4 Å². The fourth-order valence-electron chi connectivity index (χ4n) is 2.17. The van der Waals surface area contributed by atoms with Gasteiger partial charge in [0.05, 0.1) is 7.11 Å². The van der Waals surface area contributed by atoms with E-state index in [4.69, 9.17) is 9.47 Å². The standard InChI is InChI=1S/C13H14O5/c1-6-9(17-4)5-8(14)10-11(6)13(3,16)7(2)18-12(10)15/h5,14,16H,2H2,1,3-4H3/t13-/m0/s1. The third-order valence-corrected chi connectivity index (χ3v) is 3.19. The summed E-state index contributed by atoms with van der Waals surface area (Å²) in [6.45, 7) is 6.67. The molecule has 1 aliphatic rings. The first-order chi connectivity index (χ1) is 8.30. The highest BCUT2D eigenvalue weighted by atomic mass is 16.6. The third kappa shape index (κ3) is 1.48. The molecule has 0 radical (unpaired) electrons. The molecule has 96 valence electrons. The molecule has 0 spiro atoms. The number of phenolic OH excluding ortho intramolecular Hbond substituents is 1. The van der Waals surface area contributed by atoms with Gasteiger partial charge in [-0.15, -0.1) is 0 Å². The average molecular weight is 250 g/mol. The fourth-order valence-corrected chi connectivity index (χ4v) is 2.17. The maximum Gasteiger partial charge on any atom is 0.347 e. The van der Waals surface area contributed by atoms with E-state index in [0.29, 0.717) is 11.3 Å². The molecule has 5 nitrogen and oxygen atoms in total. The molecule has 0 bridgehead atoms. The molecule has 1 heterocycles. The van der Waals surface area contributed by atoms with Crippen molar-refractivity contribution in [1.82, 2.24) is 0 Å². The number of aliphatic hydroxyl groups is 1. The van der Waals surface area contributed by atoms with Gasteiger partial charge in [-0.1, -0.05) is 6.58 Å². The summed E-state index contributed by atoms with van der Waals surface area (Å²) in [5.41, 5.74) is -0.779.